The molecule has 0 amide bonds. The lowest BCUT2D eigenvalue weighted by molar-refractivity contribution is -0.318. The number of rotatable bonds is 3. The molecule has 2 N–H and O–H groups in total. The molecule has 0 fully saturated rings. The van der Waals surface area contributed by atoms with Crippen molar-refractivity contribution in [3.63, 3.8) is 0 Å². The third-order valence-electron chi connectivity index (χ3n) is 2.54. The van der Waals surface area contributed by atoms with E-state index in [-0.39, 0.29) is 11.7 Å². The summed E-state index contributed by atoms with van der Waals surface area (Å²) in [6, 6.07) is 5.24. The lowest BCUT2D eigenvalue weighted by Gasteiger charge is -2.26. The first-order valence-corrected chi connectivity index (χ1v) is 5.05. The van der Waals surface area contributed by atoms with Gasteiger partial charge in [-0.3, -0.25) is 5.26 Å². The lowest BCUT2D eigenvalue weighted by Crippen LogP contribution is -2.22. The smallest absolute Gasteiger partial charge is 0.123 e. The Labute approximate surface area is 90.3 Å². The summed E-state index contributed by atoms with van der Waals surface area (Å²) in [7, 11) is 0. The number of benzene rings is 1. The molecule has 0 unspecified atom stereocenters. The van der Waals surface area contributed by atoms with E-state index in [0.29, 0.717) is 0 Å². The van der Waals surface area contributed by atoms with Crippen LogP contribution in [0, 0.1) is 0 Å². The number of hydrogen-bond donors (Lipinski definition) is 2. The quantitative estimate of drug-likeness (QED) is 0.594. The zero-order valence-electron chi connectivity index (χ0n) is 9.61. The summed E-state index contributed by atoms with van der Waals surface area (Å²) in [6.45, 7) is 7.50. The first-order valence-electron chi connectivity index (χ1n) is 5.05. The van der Waals surface area contributed by atoms with Gasteiger partial charge in [0.2, 0.25) is 0 Å². The minimum atomic E-state index is -0.807. The first-order chi connectivity index (χ1) is 6.90. The molecule has 0 saturated heterocycles. The molecule has 0 atom stereocenters. The predicted molar refractivity (Wildman–Crippen MR) is 58.9 cm³/mol. The zero-order valence-corrected chi connectivity index (χ0v) is 9.61. The summed E-state index contributed by atoms with van der Waals surface area (Å²) >= 11 is 0. The van der Waals surface area contributed by atoms with Crippen LogP contribution in [0.1, 0.15) is 44.7 Å². The van der Waals surface area contributed by atoms with Gasteiger partial charge in [-0.15, -0.1) is 0 Å². The molecule has 3 nitrogen and oxygen atoms in total. The van der Waals surface area contributed by atoms with E-state index in [1.165, 1.54) is 0 Å². The van der Waals surface area contributed by atoms with Crippen molar-refractivity contribution in [3.8, 4) is 5.75 Å². The van der Waals surface area contributed by atoms with Crippen molar-refractivity contribution in [2.75, 3.05) is 0 Å². The average molecular weight is 210 g/mol. The number of hydrogen-bond acceptors (Lipinski definition) is 3. The van der Waals surface area contributed by atoms with Gasteiger partial charge in [-0.1, -0.05) is 26.0 Å². The summed E-state index contributed by atoms with van der Waals surface area (Å²) in [5.74, 6) is 0.420. The summed E-state index contributed by atoms with van der Waals surface area (Å²) in [5, 5.41) is 18.6. The maximum atomic E-state index is 9.78. The lowest BCUT2D eigenvalue weighted by atomic mass is 9.87. The van der Waals surface area contributed by atoms with Gasteiger partial charge in [0.15, 0.2) is 0 Å². The van der Waals surface area contributed by atoms with E-state index in [4.69, 9.17) is 5.26 Å². The van der Waals surface area contributed by atoms with Crippen LogP contribution in [-0.2, 0) is 10.5 Å². The first kappa shape index (κ1) is 12.0. The van der Waals surface area contributed by atoms with E-state index in [2.05, 4.69) is 4.89 Å². The second kappa shape index (κ2) is 4.21. The molecule has 0 saturated carbocycles. The summed E-state index contributed by atoms with van der Waals surface area (Å²) in [4.78, 5) is 4.46. The van der Waals surface area contributed by atoms with E-state index in [1.807, 2.05) is 19.9 Å². The molecule has 0 bridgehead atoms. The number of phenolic OH excluding ortho intramolecular Hbond substituents is 1. The summed E-state index contributed by atoms with van der Waals surface area (Å²) in [5.41, 5.74) is 0.815. The molecule has 0 aliphatic heterocycles. The Morgan fingerprint density at radius 1 is 1.27 bits per heavy atom. The Balaban J connectivity index is 3.35. The van der Waals surface area contributed by atoms with Crippen molar-refractivity contribution in [2.45, 2.75) is 39.2 Å². The third kappa shape index (κ3) is 2.30. The van der Waals surface area contributed by atoms with Crippen molar-refractivity contribution < 1.29 is 15.3 Å². The fourth-order valence-corrected chi connectivity index (χ4v) is 1.73. The van der Waals surface area contributed by atoms with E-state index in [0.717, 1.165) is 11.1 Å². The number of phenols is 1. The van der Waals surface area contributed by atoms with Gasteiger partial charge >= 0.3 is 0 Å². The van der Waals surface area contributed by atoms with Gasteiger partial charge in [0.05, 0.1) is 0 Å². The summed E-state index contributed by atoms with van der Waals surface area (Å²) < 4.78 is 0. The molecule has 0 spiro atoms. The van der Waals surface area contributed by atoms with E-state index in [1.54, 1.807) is 26.0 Å². The van der Waals surface area contributed by atoms with Crippen LogP contribution in [-0.4, -0.2) is 10.4 Å². The predicted octanol–water partition coefficient (Wildman–Crippen LogP) is 3.24. The standard InChI is InChI=1S/C12H18O3/c1-8(2)11-9(12(3,4)15-14)6-5-7-10(11)13/h5-8,13-14H,1-4H3. The highest BCUT2D eigenvalue weighted by molar-refractivity contribution is 5.43. The minimum Gasteiger partial charge on any atom is -0.508 e. The van der Waals surface area contributed by atoms with Gasteiger partial charge in [-0.2, -0.15) is 0 Å². The van der Waals surface area contributed by atoms with Crippen LogP contribution >= 0.6 is 0 Å². The van der Waals surface area contributed by atoms with E-state index >= 15 is 0 Å². The van der Waals surface area contributed by atoms with Crippen molar-refractivity contribution in [1.29, 1.82) is 0 Å². The molecule has 15 heavy (non-hydrogen) atoms. The highest BCUT2D eigenvalue weighted by atomic mass is 17.1. The van der Waals surface area contributed by atoms with Gasteiger partial charge in [0, 0.05) is 5.56 Å². The molecule has 0 aliphatic carbocycles. The van der Waals surface area contributed by atoms with Crippen LogP contribution in [0.2, 0.25) is 0 Å². The fourth-order valence-electron chi connectivity index (χ4n) is 1.73. The maximum Gasteiger partial charge on any atom is 0.123 e. The third-order valence-corrected chi connectivity index (χ3v) is 2.54. The normalized spacial score (nSPS) is 12.1. The van der Waals surface area contributed by atoms with Crippen LogP contribution in [0.25, 0.3) is 0 Å². The molecule has 0 radical (unpaired) electrons. The SMILES string of the molecule is CC(C)c1c(O)cccc1C(C)(C)OO. The topological polar surface area (TPSA) is 49.7 Å². The van der Waals surface area contributed by atoms with Gasteiger partial charge < -0.3 is 5.11 Å². The molecule has 84 valence electrons. The molecular weight excluding hydrogens is 192 g/mol. The number of aromatic hydroxyl groups is 1. The monoisotopic (exact) mass is 210 g/mol. The van der Waals surface area contributed by atoms with Crippen molar-refractivity contribution in [1.82, 2.24) is 0 Å². The molecule has 1 rings (SSSR count). The van der Waals surface area contributed by atoms with Crippen molar-refractivity contribution in [3.05, 3.63) is 29.3 Å². The molecule has 0 aliphatic rings. The van der Waals surface area contributed by atoms with Crippen LogP contribution in [0.15, 0.2) is 18.2 Å². The van der Waals surface area contributed by atoms with Gasteiger partial charge in [0.1, 0.15) is 11.4 Å². The second-order valence-corrected chi connectivity index (χ2v) is 4.49. The van der Waals surface area contributed by atoms with Crippen molar-refractivity contribution >= 4 is 0 Å². The van der Waals surface area contributed by atoms with Gasteiger partial charge in [0.25, 0.3) is 0 Å². The highest BCUT2D eigenvalue weighted by Gasteiger charge is 2.27. The average Bonchev–Trinajstić information content (AvgIpc) is 2.16. The van der Waals surface area contributed by atoms with Crippen LogP contribution in [0.4, 0.5) is 0 Å². The van der Waals surface area contributed by atoms with E-state index < -0.39 is 5.60 Å². The van der Waals surface area contributed by atoms with Crippen LogP contribution < -0.4 is 0 Å². The molecule has 0 aromatic heterocycles. The molecule has 3 heteroatoms. The Morgan fingerprint density at radius 3 is 2.33 bits per heavy atom. The Morgan fingerprint density at radius 2 is 1.87 bits per heavy atom. The molecule has 1 aromatic rings. The summed E-state index contributed by atoms with van der Waals surface area (Å²) in [6.07, 6.45) is 0. The Hall–Kier alpha value is -1.06. The van der Waals surface area contributed by atoms with Crippen molar-refractivity contribution in [2.24, 2.45) is 0 Å². The highest BCUT2D eigenvalue weighted by Crippen LogP contribution is 2.36. The van der Waals surface area contributed by atoms with Crippen LogP contribution in [0.3, 0.4) is 0 Å². The maximum absolute atomic E-state index is 9.78. The Bertz CT molecular complexity index is 343. The van der Waals surface area contributed by atoms with Gasteiger partial charge in [-0.25, -0.2) is 4.89 Å². The fraction of sp³-hybridized carbons (Fsp3) is 0.500. The Kier molecular flexibility index (Phi) is 3.37. The largest absolute Gasteiger partial charge is 0.508 e. The molecule has 1 aromatic carbocycles. The van der Waals surface area contributed by atoms with Crippen LogP contribution in [0.5, 0.6) is 5.75 Å². The zero-order chi connectivity index (χ0) is 11.6. The van der Waals surface area contributed by atoms with E-state index in [9.17, 15) is 5.11 Å². The minimum absolute atomic E-state index is 0.177. The second-order valence-electron chi connectivity index (χ2n) is 4.49. The van der Waals surface area contributed by atoms with Gasteiger partial charge in [-0.05, 0) is 31.4 Å². The molecule has 0 heterocycles. The molecular formula is C12H18O3.